The van der Waals surface area contributed by atoms with Crippen LogP contribution in [0.25, 0.3) is 0 Å². The van der Waals surface area contributed by atoms with E-state index in [9.17, 15) is 14.7 Å². The Labute approximate surface area is 226 Å². The van der Waals surface area contributed by atoms with Gasteiger partial charge in [0.25, 0.3) is 0 Å². The summed E-state index contributed by atoms with van der Waals surface area (Å²) in [5.41, 5.74) is 2.64. The highest BCUT2D eigenvalue weighted by Crippen LogP contribution is 2.32. The van der Waals surface area contributed by atoms with Crippen molar-refractivity contribution in [2.75, 3.05) is 11.9 Å². The van der Waals surface area contributed by atoms with Crippen LogP contribution in [0.3, 0.4) is 0 Å². The molecule has 0 radical (unpaired) electrons. The van der Waals surface area contributed by atoms with Gasteiger partial charge in [-0.05, 0) is 48.2 Å². The van der Waals surface area contributed by atoms with Crippen molar-refractivity contribution < 1.29 is 24.0 Å². The largest absolute Gasteiger partial charge is 0.489 e. The summed E-state index contributed by atoms with van der Waals surface area (Å²) in [6.07, 6.45) is 3.60. The van der Waals surface area contributed by atoms with E-state index in [1.54, 1.807) is 30.5 Å². The highest BCUT2D eigenvalue weighted by Gasteiger charge is 2.32. The minimum atomic E-state index is -1.02. The van der Waals surface area contributed by atoms with Crippen molar-refractivity contribution in [3.05, 3.63) is 108 Å². The first-order valence-corrected chi connectivity index (χ1v) is 13.0. The summed E-state index contributed by atoms with van der Waals surface area (Å²) in [5, 5.41) is 16.8. The van der Waals surface area contributed by atoms with Gasteiger partial charge in [-0.15, -0.1) is 0 Å². The molecule has 2 aromatic heterocycles. The molecule has 3 heterocycles. The molecule has 5 rings (SSSR count). The maximum absolute atomic E-state index is 13.2. The minimum Gasteiger partial charge on any atom is -0.489 e. The first kappa shape index (κ1) is 26.0. The van der Waals surface area contributed by atoms with Crippen molar-refractivity contribution in [2.24, 2.45) is 0 Å². The first-order chi connectivity index (χ1) is 19.0. The molecule has 2 aromatic carbocycles. The number of pyridine rings is 1. The molecule has 1 fully saturated rings. The van der Waals surface area contributed by atoms with Gasteiger partial charge in [0.05, 0.1) is 12.5 Å². The van der Waals surface area contributed by atoms with Gasteiger partial charge in [-0.3, -0.25) is 4.79 Å². The Morgan fingerprint density at radius 3 is 2.59 bits per heavy atom. The Balaban J connectivity index is 1.18. The summed E-state index contributed by atoms with van der Waals surface area (Å²) in [4.78, 5) is 31.0. The monoisotopic (exact) mass is 526 g/mol. The molecule has 2 N–H and O–H groups in total. The highest BCUT2D eigenvalue weighted by atomic mass is 16.5. The number of nitrogens with zero attached hydrogens (tertiary/aromatic N) is 3. The van der Waals surface area contributed by atoms with Gasteiger partial charge in [-0.1, -0.05) is 53.7 Å². The SMILES string of the molecule is O=C(O)C(Cc1cc(C2CCCN2C(=O)Cc2ccc(OCc3ccccc3)cc2)no1)Nc1ccccn1. The number of aromatic nitrogens is 2. The van der Waals surface area contributed by atoms with Crippen molar-refractivity contribution in [2.45, 2.75) is 44.4 Å². The fraction of sp³-hybridized carbons (Fsp3) is 0.267. The molecule has 1 saturated heterocycles. The molecule has 39 heavy (non-hydrogen) atoms. The number of carbonyl (C=O) groups excluding carboxylic acids is 1. The molecule has 200 valence electrons. The molecule has 0 spiro atoms. The van der Waals surface area contributed by atoms with Gasteiger partial charge in [0.1, 0.15) is 35.7 Å². The van der Waals surface area contributed by atoms with Crippen LogP contribution >= 0.6 is 0 Å². The third-order valence-corrected chi connectivity index (χ3v) is 6.71. The van der Waals surface area contributed by atoms with Crippen molar-refractivity contribution in [3.63, 3.8) is 0 Å². The number of hydrogen-bond acceptors (Lipinski definition) is 7. The van der Waals surface area contributed by atoms with Crippen LogP contribution in [0.2, 0.25) is 0 Å². The van der Waals surface area contributed by atoms with E-state index in [1.165, 1.54) is 0 Å². The number of ether oxygens (including phenoxy) is 1. The normalized spacial score (nSPS) is 15.6. The minimum absolute atomic E-state index is 0.0141. The lowest BCUT2D eigenvalue weighted by atomic mass is 10.1. The van der Waals surface area contributed by atoms with Crippen LogP contribution in [0, 0.1) is 0 Å². The third kappa shape index (κ3) is 6.81. The van der Waals surface area contributed by atoms with Crippen LogP contribution < -0.4 is 10.1 Å². The Morgan fingerprint density at radius 2 is 1.85 bits per heavy atom. The molecule has 2 unspecified atom stereocenters. The van der Waals surface area contributed by atoms with E-state index in [-0.39, 0.29) is 24.8 Å². The predicted octanol–water partition coefficient (Wildman–Crippen LogP) is 4.66. The summed E-state index contributed by atoms with van der Waals surface area (Å²) in [6.45, 7) is 1.13. The van der Waals surface area contributed by atoms with Crippen LogP contribution in [0.4, 0.5) is 5.82 Å². The lowest BCUT2D eigenvalue weighted by Gasteiger charge is -2.23. The Morgan fingerprint density at radius 1 is 1.05 bits per heavy atom. The topological polar surface area (TPSA) is 118 Å². The highest BCUT2D eigenvalue weighted by molar-refractivity contribution is 5.79. The van der Waals surface area contributed by atoms with E-state index < -0.39 is 12.0 Å². The number of carboxylic acids is 1. The van der Waals surface area contributed by atoms with Gasteiger partial charge in [-0.2, -0.15) is 0 Å². The predicted molar refractivity (Wildman–Crippen MR) is 144 cm³/mol. The third-order valence-electron chi connectivity index (χ3n) is 6.71. The van der Waals surface area contributed by atoms with Crippen molar-refractivity contribution >= 4 is 17.7 Å². The average molecular weight is 527 g/mol. The first-order valence-electron chi connectivity index (χ1n) is 13.0. The van der Waals surface area contributed by atoms with Crippen LogP contribution in [-0.4, -0.2) is 44.6 Å². The van der Waals surface area contributed by atoms with E-state index in [0.29, 0.717) is 30.4 Å². The van der Waals surface area contributed by atoms with Gasteiger partial charge in [0.15, 0.2) is 0 Å². The number of nitrogens with one attached hydrogen (secondary N) is 1. The van der Waals surface area contributed by atoms with E-state index in [4.69, 9.17) is 9.26 Å². The summed E-state index contributed by atoms with van der Waals surface area (Å²) in [6, 6.07) is 23.4. The molecule has 0 bridgehead atoms. The number of carbonyl (C=O) groups is 2. The summed E-state index contributed by atoms with van der Waals surface area (Å²) in [5.74, 6) is 0.647. The molecule has 2 atom stereocenters. The zero-order valence-electron chi connectivity index (χ0n) is 21.4. The van der Waals surface area contributed by atoms with Crippen molar-refractivity contribution in [1.29, 1.82) is 0 Å². The van der Waals surface area contributed by atoms with Gasteiger partial charge < -0.3 is 24.6 Å². The number of anilines is 1. The Kier molecular flexibility index (Phi) is 8.16. The molecule has 9 heteroatoms. The van der Waals surface area contributed by atoms with E-state index >= 15 is 0 Å². The number of amides is 1. The lowest BCUT2D eigenvalue weighted by Crippen LogP contribution is -2.32. The van der Waals surface area contributed by atoms with Gasteiger partial charge in [0, 0.05) is 25.2 Å². The molecular weight excluding hydrogens is 496 g/mol. The molecule has 4 aromatic rings. The molecule has 0 aliphatic carbocycles. The molecule has 1 aliphatic rings. The number of hydrogen-bond donors (Lipinski definition) is 2. The Bertz CT molecular complexity index is 1380. The van der Waals surface area contributed by atoms with Crippen molar-refractivity contribution in [1.82, 2.24) is 15.0 Å². The van der Waals surface area contributed by atoms with Crippen LogP contribution in [0.15, 0.2) is 89.6 Å². The van der Waals surface area contributed by atoms with E-state index in [1.807, 2.05) is 59.5 Å². The summed E-state index contributed by atoms with van der Waals surface area (Å²) in [7, 11) is 0. The number of likely N-dealkylation sites (tertiary alicyclic amines) is 1. The second-order valence-corrected chi connectivity index (χ2v) is 9.51. The fourth-order valence-electron chi connectivity index (χ4n) is 4.70. The second-order valence-electron chi connectivity index (χ2n) is 9.51. The quantitative estimate of drug-likeness (QED) is 0.290. The summed E-state index contributed by atoms with van der Waals surface area (Å²) < 4.78 is 11.3. The van der Waals surface area contributed by atoms with E-state index in [2.05, 4.69) is 15.5 Å². The molecule has 1 aliphatic heterocycles. The number of rotatable bonds is 11. The van der Waals surface area contributed by atoms with Crippen LogP contribution in [0.1, 0.15) is 41.5 Å². The zero-order valence-corrected chi connectivity index (χ0v) is 21.4. The average Bonchev–Trinajstić information content (AvgIpc) is 3.63. The van der Waals surface area contributed by atoms with Crippen LogP contribution in [-0.2, 0) is 29.0 Å². The maximum Gasteiger partial charge on any atom is 0.326 e. The summed E-state index contributed by atoms with van der Waals surface area (Å²) >= 11 is 0. The number of carboxylic acid groups (broad SMARTS) is 1. The Hall–Kier alpha value is -4.66. The second kappa shape index (κ2) is 12.3. The fourth-order valence-corrected chi connectivity index (χ4v) is 4.70. The van der Waals surface area contributed by atoms with Gasteiger partial charge >= 0.3 is 5.97 Å². The zero-order chi connectivity index (χ0) is 27.0. The molecule has 0 saturated carbocycles. The maximum atomic E-state index is 13.2. The standard InChI is InChI=1S/C30H30N4O5/c35-29(17-21-11-13-23(14-12-21)38-20-22-7-2-1-3-8-22)34-16-6-9-27(34)25-18-24(39-33-25)19-26(30(36)37)32-28-10-4-5-15-31-28/h1-5,7-8,10-15,18,26-27H,6,9,16-17,19-20H2,(H,31,32)(H,36,37). The van der Waals surface area contributed by atoms with E-state index in [0.717, 1.165) is 29.7 Å². The van der Waals surface area contributed by atoms with Crippen LogP contribution in [0.5, 0.6) is 5.75 Å². The molecule has 1 amide bonds. The smallest absolute Gasteiger partial charge is 0.326 e. The lowest BCUT2D eigenvalue weighted by molar-refractivity contribution is -0.138. The molecule has 9 nitrogen and oxygen atoms in total. The number of aliphatic carboxylic acids is 1. The number of benzene rings is 2. The van der Waals surface area contributed by atoms with Gasteiger partial charge in [-0.25, -0.2) is 9.78 Å². The van der Waals surface area contributed by atoms with Gasteiger partial charge in [0.2, 0.25) is 5.91 Å². The molecular formula is C30H30N4O5. The van der Waals surface area contributed by atoms with Crippen molar-refractivity contribution in [3.8, 4) is 5.75 Å².